The Kier molecular flexibility index (Phi) is 9.35. The van der Waals surface area contributed by atoms with E-state index in [1.165, 1.54) is 0 Å². The van der Waals surface area contributed by atoms with Crippen molar-refractivity contribution >= 4 is 16.9 Å². The second-order valence-corrected chi connectivity index (χ2v) is 8.93. The number of hydrogen-bond acceptors (Lipinski definition) is 4. The molecule has 1 heterocycles. The Hall–Kier alpha value is -4.06. The minimum Gasteiger partial charge on any atom is -0.493 e. The van der Waals surface area contributed by atoms with Gasteiger partial charge in [-0.3, -0.25) is 4.79 Å². The number of ether oxygens (including phenoxy) is 2. The van der Waals surface area contributed by atoms with Crippen molar-refractivity contribution in [1.82, 2.24) is 14.9 Å². The summed E-state index contributed by atoms with van der Waals surface area (Å²) < 4.78 is 13.9. The lowest BCUT2D eigenvalue weighted by molar-refractivity contribution is 0.0953. The zero-order chi connectivity index (χ0) is 25.9. The van der Waals surface area contributed by atoms with E-state index < -0.39 is 0 Å². The van der Waals surface area contributed by atoms with Gasteiger partial charge >= 0.3 is 0 Å². The van der Waals surface area contributed by atoms with Crippen molar-refractivity contribution in [1.29, 1.82) is 0 Å². The number of imidazole rings is 1. The van der Waals surface area contributed by atoms with Crippen molar-refractivity contribution in [3.63, 3.8) is 0 Å². The lowest BCUT2D eigenvalue weighted by Crippen LogP contribution is -2.24. The third kappa shape index (κ3) is 7.00. The molecular formula is C31H35N3O3. The van der Waals surface area contributed by atoms with Crippen LogP contribution in [0.4, 0.5) is 0 Å². The summed E-state index contributed by atoms with van der Waals surface area (Å²) in [5, 5.41) is 3.00. The number of hydrogen-bond donors (Lipinski definition) is 1. The molecule has 0 aliphatic rings. The van der Waals surface area contributed by atoms with E-state index in [0.717, 1.165) is 66.0 Å². The number of unbranched alkanes of at least 4 members (excludes halogenated alkanes) is 2. The molecule has 0 unspecified atom stereocenters. The Labute approximate surface area is 218 Å². The molecule has 37 heavy (non-hydrogen) atoms. The van der Waals surface area contributed by atoms with Crippen LogP contribution in [0.1, 0.15) is 41.0 Å². The van der Waals surface area contributed by atoms with Gasteiger partial charge in [-0.25, -0.2) is 4.98 Å². The van der Waals surface area contributed by atoms with E-state index in [1.807, 2.05) is 66.7 Å². The summed E-state index contributed by atoms with van der Waals surface area (Å²) >= 11 is 0. The number of methoxy groups -OCH3 is 1. The number of fused-ring (bicyclic) bond motifs is 1. The first-order valence-corrected chi connectivity index (χ1v) is 12.9. The fourth-order valence-corrected chi connectivity index (χ4v) is 4.42. The lowest BCUT2D eigenvalue weighted by Gasteiger charge is -2.14. The predicted molar refractivity (Wildman–Crippen MR) is 148 cm³/mol. The van der Waals surface area contributed by atoms with Gasteiger partial charge in [0.2, 0.25) is 0 Å². The van der Waals surface area contributed by atoms with E-state index in [1.54, 1.807) is 7.11 Å². The number of allylic oxidation sites excluding steroid dienone is 1. The summed E-state index contributed by atoms with van der Waals surface area (Å²) in [5.74, 6) is 2.51. The Bertz CT molecular complexity index is 1310. The smallest absolute Gasteiger partial charge is 0.251 e. The number of amides is 1. The van der Waals surface area contributed by atoms with Crippen molar-refractivity contribution in [2.24, 2.45) is 0 Å². The van der Waals surface area contributed by atoms with Gasteiger partial charge in [-0.1, -0.05) is 48.9 Å². The van der Waals surface area contributed by atoms with Crippen molar-refractivity contribution in [3.05, 3.63) is 102 Å². The van der Waals surface area contributed by atoms with Crippen LogP contribution >= 0.6 is 0 Å². The Morgan fingerprint density at radius 2 is 1.81 bits per heavy atom. The first kappa shape index (κ1) is 26.0. The molecule has 0 atom stereocenters. The second kappa shape index (κ2) is 13.3. The number of rotatable bonds is 14. The molecule has 0 radical (unpaired) electrons. The van der Waals surface area contributed by atoms with E-state index in [2.05, 4.69) is 28.6 Å². The quantitative estimate of drug-likeness (QED) is 0.172. The summed E-state index contributed by atoms with van der Waals surface area (Å²) in [6.07, 6.45) is 6.50. The molecule has 0 saturated heterocycles. The summed E-state index contributed by atoms with van der Waals surface area (Å²) in [4.78, 5) is 17.1. The zero-order valence-corrected chi connectivity index (χ0v) is 21.5. The number of carbonyl (C=O) groups is 1. The summed E-state index contributed by atoms with van der Waals surface area (Å²) in [6, 6.07) is 23.5. The molecule has 4 aromatic rings. The van der Waals surface area contributed by atoms with Gasteiger partial charge in [0.05, 0.1) is 24.7 Å². The van der Waals surface area contributed by atoms with Crippen LogP contribution in [0.25, 0.3) is 11.0 Å². The highest BCUT2D eigenvalue weighted by Gasteiger charge is 2.12. The van der Waals surface area contributed by atoms with Crippen LogP contribution in [0.5, 0.6) is 11.5 Å². The lowest BCUT2D eigenvalue weighted by atomic mass is 10.1. The Morgan fingerprint density at radius 3 is 2.62 bits per heavy atom. The molecule has 6 heteroatoms. The average Bonchev–Trinajstić information content (AvgIpc) is 3.29. The van der Waals surface area contributed by atoms with Crippen molar-refractivity contribution in [3.8, 4) is 11.5 Å². The molecular weight excluding hydrogens is 462 g/mol. The van der Waals surface area contributed by atoms with E-state index in [9.17, 15) is 4.79 Å². The van der Waals surface area contributed by atoms with Crippen LogP contribution in [0.3, 0.4) is 0 Å². The minimum absolute atomic E-state index is 0.0191. The molecule has 0 aliphatic carbocycles. The molecule has 1 aromatic heterocycles. The number of nitrogens with zero attached hydrogens (tertiary/aromatic N) is 2. The largest absolute Gasteiger partial charge is 0.493 e. The standard InChI is InChI=1S/C31H35N3O3/c1-3-12-24-18-19-28(29(23-24)36-2)37-22-21-34-27-16-10-9-15-26(27)33-30(34)17-8-5-11-20-32-31(35)25-13-6-4-7-14-25/h3-4,6-7,9-10,13-16,18-19,23H,1,5,8,11-12,17,20-22H2,2H3,(H,32,35). The Morgan fingerprint density at radius 1 is 1.00 bits per heavy atom. The van der Waals surface area contributed by atoms with E-state index >= 15 is 0 Å². The summed E-state index contributed by atoms with van der Waals surface area (Å²) in [5.41, 5.74) is 3.95. The van der Waals surface area contributed by atoms with Gasteiger partial charge in [0.25, 0.3) is 5.91 Å². The fourth-order valence-electron chi connectivity index (χ4n) is 4.42. The van der Waals surface area contributed by atoms with Gasteiger partial charge in [-0.05, 0) is 61.2 Å². The molecule has 0 saturated carbocycles. The summed E-state index contributed by atoms with van der Waals surface area (Å²) in [7, 11) is 1.66. The van der Waals surface area contributed by atoms with Gasteiger partial charge in [0.1, 0.15) is 12.4 Å². The van der Waals surface area contributed by atoms with Crippen molar-refractivity contribution in [2.75, 3.05) is 20.3 Å². The molecule has 192 valence electrons. The third-order valence-electron chi connectivity index (χ3n) is 6.31. The van der Waals surface area contributed by atoms with Crippen molar-refractivity contribution in [2.45, 2.75) is 38.6 Å². The number of aromatic nitrogens is 2. The average molecular weight is 498 g/mol. The molecule has 0 aliphatic heterocycles. The first-order chi connectivity index (χ1) is 18.2. The minimum atomic E-state index is -0.0191. The monoisotopic (exact) mass is 497 g/mol. The Balaban J connectivity index is 1.30. The van der Waals surface area contributed by atoms with Gasteiger partial charge in [0, 0.05) is 18.5 Å². The highest BCUT2D eigenvalue weighted by atomic mass is 16.5. The zero-order valence-electron chi connectivity index (χ0n) is 21.5. The fraction of sp³-hybridized carbons (Fsp3) is 0.290. The highest BCUT2D eigenvalue weighted by molar-refractivity contribution is 5.94. The van der Waals surface area contributed by atoms with E-state index in [-0.39, 0.29) is 5.91 Å². The van der Waals surface area contributed by atoms with E-state index in [0.29, 0.717) is 25.3 Å². The van der Waals surface area contributed by atoms with E-state index in [4.69, 9.17) is 14.5 Å². The first-order valence-electron chi connectivity index (χ1n) is 12.9. The highest BCUT2D eigenvalue weighted by Crippen LogP contribution is 2.28. The van der Waals surface area contributed by atoms with Gasteiger partial charge in [0.15, 0.2) is 11.5 Å². The van der Waals surface area contributed by atoms with Crippen LogP contribution < -0.4 is 14.8 Å². The van der Waals surface area contributed by atoms with Crippen LogP contribution in [-0.2, 0) is 19.4 Å². The van der Waals surface area contributed by atoms with Gasteiger partial charge in [-0.2, -0.15) is 0 Å². The number of nitrogens with one attached hydrogen (secondary N) is 1. The topological polar surface area (TPSA) is 65.4 Å². The van der Waals surface area contributed by atoms with Crippen LogP contribution in [-0.4, -0.2) is 35.7 Å². The van der Waals surface area contributed by atoms with Crippen LogP contribution in [0, 0.1) is 0 Å². The number of aryl methyl sites for hydroxylation is 1. The number of benzene rings is 3. The third-order valence-corrected chi connectivity index (χ3v) is 6.31. The SMILES string of the molecule is C=CCc1ccc(OCCn2c(CCCCCNC(=O)c3ccccc3)nc3ccccc32)c(OC)c1. The maximum absolute atomic E-state index is 12.2. The molecule has 6 nitrogen and oxygen atoms in total. The van der Waals surface area contributed by atoms with Crippen molar-refractivity contribution < 1.29 is 14.3 Å². The number of carbonyl (C=O) groups excluding carboxylic acids is 1. The maximum Gasteiger partial charge on any atom is 0.251 e. The molecule has 4 rings (SSSR count). The number of para-hydroxylation sites is 2. The molecule has 3 aromatic carbocycles. The van der Waals surface area contributed by atoms with Crippen LogP contribution in [0.15, 0.2) is 85.5 Å². The predicted octanol–water partition coefficient (Wildman–Crippen LogP) is 6.00. The molecule has 0 spiro atoms. The molecule has 0 fully saturated rings. The summed E-state index contributed by atoms with van der Waals surface area (Å²) in [6.45, 7) is 5.68. The normalized spacial score (nSPS) is 10.8. The second-order valence-electron chi connectivity index (χ2n) is 8.93. The van der Waals surface area contributed by atoms with Gasteiger partial charge in [-0.15, -0.1) is 6.58 Å². The molecule has 0 bridgehead atoms. The van der Waals surface area contributed by atoms with Gasteiger partial charge < -0.3 is 19.4 Å². The maximum atomic E-state index is 12.2. The van der Waals surface area contributed by atoms with Crippen LogP contribution in [0.2, 0.25) is 0 Å². The molecule has 1 N–H and O–H groups in total. The molecule has 1 amide bonds.